The fraction of sp³-hybridized carbons (Fsp3) is 0.333. The number of allylic oxidation sites excluding steroid dienone is 2. The summed E-state index contributed by atoms with van der Waals surface area (Å²) in [7, 11) is 0. The summed E-state index contributed by atoms with van der Waals surface area (Å²) in [6, 6.07) is 0. The van der Waals surface area contributed by atoms with Crippen molar-refractivity contribution in [3.8, 4) is 5.75 Å². The Morgan fingerprint density at radius 3 is 1.46 bits per heavy atom. The van der Waals surface area contributed by atoms with Crippen LogP contribution < -0.4 is 4.74 Å². The van der Waals surface area contributed by atoms with Gasteiger partial charge >= 0.3 is 5.97 Å². The molecule has 15 heteroatoms. The predicted octanol–water partition coefficient (Wildman–Crippen LogP) is 2.02. The zero-order chi connectivity index (χ0) is 29.7. The number of imide groups is 2. The molecule has 1 aromatic carbocycles. The first-order chi connectivity index (χ1) is 18.4. The second-order valence-corrected chi connectivity index (χ2v) is 7.53. The van der Waals surface area contributed by atoms with Crippen molar-refractivity contribution in [2.75, 3.05) is 26.2 Å². The average molecular weight is 561 g/mol. The summed E-state index contributed by atoms with van der Waals surface area (Å²) in [5, 5.41) is 0. The molecule has 0 unspecified atom stereocenters. The lowest BCUT2D eigenvalue weighted by atomic mass is 10.2. The lowest BCUT2D eigenvalue weighted by molar-refractivity contribution is -0.140. The van der Waals surface area contributed by atoms with Crippen LogP contribution in [0.2, 0.25) is 0 Å². The molecule has 0 fully saturated rings. The summed E-state index contributed by atoms with van der Waals surface area (Å²) in [5.41, 5.74) is 0. The van der Waals surface area contributed by atoms with Crippen LogP contribution in [-0.2, 0) is 28.8 Å². The van der Waals surface area contributed by atoms with E-state index in [4.69, 9.17) is 0 Å². The van der Waals surface area contributed by atoms with Crippen LogP contribution in [0.25, 0.3) is 0 Å². The Hall–Kier alpha value is -4.43. The molecule has 0 aliphatic rings. The Balaban J connectivity index is 3.00. The van der Waals surface area contributed by atoms with Crippen molar-refractivity contribution in [1.82, 2.24) is 14.7 Å². The number of carbonyl (C=O) groups excluding carboxylic acids is 6. The summed E-state index contributed by atoms with van der Waals surface area (Å²) in [5.74, 6) is -17.5. The summed E-state index contributed by atoms with van der Waals surface area (Å²) in [4.78, 5) is 73.6. The molecule has 212 valence electrons. The summed E-state index contributed by atoms with van der Waals surface area (Å²) in [6.07, 6.45) is 3.74. The van der Waals surface area contributed by atoms with E-state index < -0.39 is 71.4 Å². The molecule has 5 amide bonds. The third-order valence-electron chi connectivity index (χ3n) is 4.94. The second-order valence-electron chi connectivity index (χ2n) is 7.53. The first kappa shape index (κ1) is 32.6. The summed E-state index contributed by atoms with van der Waals surface area (Å²) < 4.78 is 71.5. The molecule has 0 saturated heterocycles. The van der Waals surface area contributed by atoms with Crippen LogP contribution in [0.1, 0.15) is 26.7 Å². The maximum atomic E-state index is 13.7. The van der Waals surface area contributed by atoms with E-state index in [0.717, 1.165) is 26.9 Å². The third-order valence-corrected chi connectivity index (χ3v) is 4.94. The maximum absolute atomic E-state index is 13.7. The summed E-state index contributed by atoms with van der Waals surface area (Å²) >= 11 is 0. The number of hydrogen-bond donors (Lipinski definition) is 0. The zero-order valence-corrected chi connectivity index (χ0v) is 20.8. The van der Waals surface area contributed by atoms with Gasteiger partial charge in [0, 0.05) is 32.6 Å². The van der Waals surface area contributed by atoms with Gasteiger partial charge in [-0.15, -0.1) is 0 Å². The van der Waals surface area contributed by atoms with Gasteiger partial charge in [-0.1, -0.05) is 12.2 Å². The molecule has 0 heterocycles. The molecule has 0 aliphatic heterocycles. The Morgan fingerprint density at radius 2 is 1.08 bits per heavy atom. The number of esters is 1. The van der Waals surface area contributed by atoms with E-state index in [1.165, 1.54) is 26.0 Å². The fourth-order valence-corrected chi connectivity index (χ4v) is 2.93. The third kappa shape index (κ3) is 9.12. The van der Waals surface area contributed by atoms with Crippen LogP contribution >= 0.6 is 0 Å². The molecule has 0 bridgehead atoms. The number of halogens is 5. The zero-order valence-electron chi connectivity index (χ0n) is 20.8. The van der Waals surface area contributed by atoms with Crippen LogP contribution in [-0.4, -0.2) is 77.4 Å². The molecular weight excluding hydrogens is 537 g/mol. The van der Waals surface area contributed by atoms with Crippen molar-refractivity contribution in [3.05, 3.63) is 53.4 Å². The van der Waals surface area contributed by atoms with Crippen LogP contribution in [0, 0.1) is 29.1 Å². The van der Waals surface area contributed by atoms with Gasteiger partial charge in [0.2, 0.25) is 53.6 Å². The van der Waals surface area contributed by atoms with Crippen molar-refractivity contribution in [1.29, 1.82) is 0 Å². The van der Waals surface area contributed by atoms with E-state index in [1.807, 2.05) is 0 Å². The lowest BCUT2D eigenvalue weighted by Crippen LogP contribution is -2.44. The van der Waals surface area contributed by atoms with Gasteiger partial charge in [0.15, 0.2) is 0 Å². The quantitative estimate of drug-likeness (QED) is 0.0648. The van der Waals surface area contributed by atoms with E-state index in [1.54, 1.807) is 0 Å². The largest absolute Gasteiger partial charge is 0.420 e. The highest BCUT2D eigenvalue weighted by molar-refractivity contribution is 5.95. The standard InChI is InChI=1S/C24H24F5N3O7/c1-3-5-15(35)31(13-33)11-9-30(10-12-32(14-34)16(36)6-4-2)17(37)7-8-18(38)39-24-22(28)20(26)19(25)21(27)23(24)29/h3-6,13-14H,7-12H2,1-2H3/b5-3-,6-4-. The SMILES string of the molecule is C/C=C\C(=O)N(C=O)CCN(CCN(C=O)C(=O)/C=C\C)C(=O)CCC(=O)Oc1c(F)c(F)c(F)c(F)c1F. The summed E-state index contributed by atoms with van der Waals surface area (Å²) in [6.45, 7) is 1.79. The van der Waals surface area contributed by atoms with Gasteiger partial charge in [0.1, 0.15) is 0 Å². The smallest absolute Gasteiger partial charge is 0.311 e. The number of hydrogen-bond acceptors (Lipinski definition) is 7. The van der Waals surface area contributed by atoms with E-state index in [2.05, 4.69) is 4.74 Å². The van der Waals surface area contributed by atoms with Crippen molar-refractivity contribution in [2.24, 2.45) is 0 Å². The topological polar surface area (TPSA) is 121 Å². The van der Waals surface area contributed by atoms with Crippen LogP contribution in [0.3, 0.4) is 0 Å². The van der Waals surface area contributed by atoms with E-state index >= 15 is 0 Å². The molecule has 1 aromatic rings. The normalized spacial score (nSPS) is 10.9. The monoisotopic (exact) mass is 561 g/mol. The molecule has 0 atom stereocenters. The first-order valence-corrected chi connectivity index (χ1v) is 11.2. The van der Waals surface area contributed by atoms with Crippen LogP contribution in [0.4, 0.5) is 22.0 Å². The lowest BCUT2D eigenvalue weighted by Gasteiger charge is -2.26. The van der Waals surface area contributed by atoms with Crippen molar-refractivity contribution in [3.63, 3.8) is 0 Å². The predicted molar refractivity (Wildman–Crippen MR) is 123 cm³/mol. The molecule has 0 spiro atoms. The van der Waals surface area contributed by atoms with E-state index in [-0.39, 0.29) is 39.0 Å². The fourth-order valence-electron chi connectivity index (χ4n) is 2.93. The van der Waals surface area contributed by atoms with Gasteiger partial charge < -0.3 is 9.64 Å². The number of amides is 5. The van der Waals surface area contributed by atoms with Crippen LogP contribution in [0.15, 0.2) is 24.3 Å². The Bertz CT molecular complexity index is 1100. The number of ether oxygens (including phenoxy) is 1. The number of nitrogens with zero attached hydrogens (tertiary/aromatic N) is 3. The molecule has 1 rings (SSSR count). The minimum Gasteiger partial charge on any atom is -0.420 e. The molecule has 0 aromatic heterocycles. The Labute approximate surface area is 219 Å². The van der Waals surface area contributed by atoms with Gasteiger partial charge in [-0.3, -0.25) is 38.6 Å². The van der Waals surface area contributed by atoms with E-state index in [0.29, 0.717) is 0 Å². The van der Waals surface area contributed by atoms with Gasteiger partial charge in [-0.2, -0.15) is 8.78 Å². The minimum absolute atomic E-state index is 0.208. The molecule has 0 saturated carbocycles. The van der Waals surface area contributed by atoms with Crippen molar-refractivity contribution >= 4 is 36.5 Å². The first-order valence-electron chi connectivity index (χ1n) is 11.2. The molecular formula is C24H24F5N3O7. The number of rotatable bonds is 14. The average Bonchev–Trinajstić information content (AvgIpc) is 2.91. The Kier molecular flexibility index (Phi) is 13.2. The molecule has 10 nitrogen and oxygen atoms in total. The highest BCUT2D eigenvalue weighted by Gasteiger charge is 2.29. The van der Waals surface area contributed by atoms with Gasteiger partial charge in [-0.05, 0) is 26.0 Å². The Morgan fingerprint density at radius 1 is 0.667 bits per heavy atom. The van der Waals surface area contributed by atoms with Crippen LogP contribution in [0.5, 0.6) is 5.75 Å². The van der Waals surface area contributed by atoms with E-state index in [9.17, 15) is 50.7 Å². The van der Waals surface area contributed by atoms with Crippen molar-refractivity contribution < 1.29 is 55.5 Å². The maximum Gasteiger partial charge on any atom is 0.311 e. The molecule has 0 N–H and O–H groups in total. The highest BCUT2D eigenvalue weighted by atomic mass is 19.2. The van der Waals surface area contributed by atoms with Crippen molar-refractivity contribution in [2.45, 2.75) is 26.7 Å². The molecule has 39 heavy (non-hydrogen) atoms. The number of benzene rings is 1. The molecule has 0 aliphatic carbocycles. The number of carbonyl (C=O) groups is 6. The minimum atomic E-state index is -2.45. The second kappa shape index (κ2) is 15.7. The van der Waals surface area contributed by atoms with Gasteiger partial charge in [0.25, 0.3) is 11.8 Å². The van der Waals surface area contributed by atoms with Gasteiger partial charge in [0.05, 0.1) is 6.42 Å². The van der Waals surface area contributed by atoms with Gasteiger partial charge in [-0.25, -0.2) is 13.2 Å². The molecule has 0 radical (unpaired) electrons. The highest BCUT2D eigenvalue weighted by Crippen LogP contribution is 2.29.